The van der Waals surface area contributed by atoms with Crippen LogP contribution < -0.4 is 5.32 Å². The SMILES string of the molecule is CCCCNc1nc(-c2ccc(I)cc2)nc2ccccc12. The fourth-order valence-electron chi connectivity index (χ4n) is 2.32. The maximum Gasteiger partial charge on any atom is 0.162 e. The highest BCUT2D eigenvalue weighted by Gasteiger charge is 2.08. The average molecular weight is 403 g/mol. The van der Waals surface area contributed by atoms with E-state index in [0.717, 1.165) is 41.1 Å². The summed E-state index contributed by atoms with van der Waals surface area (Å²) in [6.45, 7) is 3.13. The van der Waals surface area contributed by atoms with Crippen LogP contribution in [0.2, 0.25) is 0 Å². The molecule has 0 fully saturated rings. The first-order chi connectivity index (χ1) is 10.8. The third kappa shape index (κ3) is 3.38. The minimum atomic E-state index is 0.772. The predicted molar refractivity (Wildman–Crippen MR) is 101 cm³/mol. The fraction of sp³-hybridized carbons (Fsp3) is 0.222. The normalized spacial score (nSPS) is 10.8. The number of anilines is 1. The smallest absolute Gasteiger partial charge is 0.162 e. The summed E-state index contributed by atoms with van der Waals surface area (Å²) in [6, 6.07) is 16.5. The molecular formula is C18H18IN3. The second-order valence-corrected chi connectivity index (χ2v) is 6.45. The maximum atomic E-state index is 4.75. The van der Waals surface area contributed by atoms with Crippen molar-refractivity contribution in [3.63, 3.8) is 0 Å². The second-order valence-electron chi connectivity index (χ2n) is 5.20. The molecule has 3 nitrogen and oxygen atoms in total. The number of aromatic nitrogens is 2. The molecule has 0 saturated heterocycles. The van der Waals surface area contributed by atoms with Crippen molar-refractivity contribution in [1.29, 1.82) is 0 Å². The molecule has 0 atom stereocenters. The van der Waals surface area contributed by atoms with Gasteiger partial charge >= 0.3 is 0 Å². The Hall–Kier alpha value is -1.69. The number of hydrogen-bond donors (Lipinski definition) is 1. The van der Waals surface area contributed by atoms with Crippen LogP contribution in [0.3, 0.4) is 0 Å². The van der Waals surface area contributed by atoms with Crippen molar-refractivity contribution < 1.29 is 0 Å². The molecule has 4 heteroatoms. The quantitative estimate of drug-likeness (QED) is 0.475. The van der Waals surface area contributed by atoms with Crippen molar-refractivity contribution in [2.75, 3.05) is 11.9 Å². The van der Waals surface area contributed by atoms with Gasteiger partial charge in [-0.1, -0.05) is 37.6 Å². The van der Waals surface area contributed by atoms with Gasteiger partial charge in [-0.25, -0.2) is 9.97 Å². The van der Waals surface area contributed by atoms with Crippen molar-refractivity contribution >= 4 is 39.3 Å². The van der Waals surface area contributed by atoms with Crippen LogP contribution in [0.25, 0.3) is 22.3 Å². The molecule has 0 spiro atoms. The van der Waals surface area contributed by atoms with Crippen molar-refractivity contribution in [1.82, 2.24) is 9.97 Å². The molecule has 0 unspecified atom stereocenters. The molecular weight excluding hydrogens is 385 g/mol. The lowest BCUT2D eigenvalue weighted by atomic mass is 10.2. The Morgan fingerprint density at radius 2 is 1.77 bits per heavy atom. The molecule has 1 N–H and O–H groups in total. The molecule has 3 rings (SSSR count). The zero-order valence-electron chi connectivity index (χ0n) is 12.5. The Labute approximate surface area is 144 Å². The minimum absolute atomic E-state index is 0.772. The summed E-state index contributed by atoms with van der Waals surface area (Å²) in [6.07, 6.45) is 2.30. The highest BCUT2D eigenvalue weighted by atomic mass is 127. The summed E-state index contributed by atoms with van der Waals surface area (Å²) in [5, 5.41) is 4.53. The molecule has 0 aliphatic carbocycles. The van der Waals surface area contributed by atoms with E-state index in [9.17, 15) is 0 Å². The Morgan fingerprint density at radius 3 is 2.55 bits per heavy atom. The number of unbranched alkanes of at least 4 members (excludes halogenated alkanes) is 1. The Morgan fingerprint density at radius 1 is 1.00 bits per heavy atom. The van der Waals surface area contributed by atoms with E-state index in [4.69, 9.17) is 9.97 Å². The molecule has 0 aliphatic heterocycles. The van der Waals surface area contributed by atoms with Crippen LogP contribution in [0, 0.1) is 3.57 Å². The van der Waals surface area contributed by atoms with E-state index >= 15 is 0 Å². The number of rotatable bonds is 5. The van der Waals surface area contributed by atoms with E-state index in [-0.39, 0.29) is 0 Å². The van der Waals surface area contributed by atoms with E-state index < -0.39 is 0 Å². The van der Waals surface area contributed by atoms with E-state index in [2.05, 4.69) is 65.2 Å². The summed E-state index contributed by atoms with van der Waals surface area (Å²) in [7, 11) is 0. The zero-order chi connectivity index (χ0) is 15.4. The predicted octanol–water partition coefficient (Wildman–Crippen LogP) is 5.11. The average Bonchev–Trinajstić information content (AvgIpc) is 2.55. The van der Waals surface area contributed by atoms with Gasteiger partial charge in [-0.15, -0.1) is 0 Å². The van der Waals surface area contributed by atoms with Crippen LogP contribution in [-0.4, -0.2) is 16.5 Å². The molecule has 1 heterocycles. The molecule has 0 aliphatic rings. The Bertz CT molecular complexity index is 769. The monoisotopic (exact) mass is 403 g/mol. The van der Waals surface area contributed by atoms with Gasteiger partial charge < -0.3 is 5.32 Å². The molecule has 1 aromatic heterocycles. The van der Waals surface area contributed by atoms with Gasteiger partial charge in [0.1, 0.15) is 5.82 Å². The summed E-state index contributed by atoms with van der Waals surface area (Å²) >= 11 is 2.31. The minimum Gasteiger partial charge on any atom is -0.369 e. The zero-order valence-corrected chi connectivity index (χ0v) is 14.7. The first-order valence-electron chi connectivity index (χ1n) is 7.54. The topological polar surface area (TPSA) is 37.8 Å². The van der Waals surface area contributed by atoms with Gasteiger partial charge in [0.25, 0.3) is 0 Å². The molecule has 0 radical (unpaired) electrons. The Kier molecular flexibility index (Phi) is 4.87. The summed E-state index contributed by atoms with van der Waals surface area (Å²) in [5.41, 5.74) is 2.02. The molecule has 2 aromatic carbocycles. The standard InChI is InChI=1S/C18H18IN3/c1-2-3-12-20-18-15-6-4-5-7-16(15)21-17(22-18)13-8-10-14(19)11-9-13/h4-11H,2-3,12H2,1H3,(H,20,21,22). The van der Waals surface area contributed by atoms with Gasteiger partial charge in [-0.05, 0) is 53.3 Å². The lowest BCUT2D eigenvalue weighted by Crippen LogP contribution is -2.05. The summed E-state index contributed by atoms with van der Waals surface area (Å²) < 4.78 is 1.21. The number of para-hydroxylation sites is 1. The van der Waals surface area contributed by atoms with Crippen molar-refractivity contribution in [2.24, 2.45) is 0 Å². The fourth-order valence-corrected chi connectivity index (χ4v) is 2.68. The first-order valence-corrected chi connectivity index (χ1v) is 8.62. The van der Waals surface area contributed by atoms with E-state index in [1.807, 2.05) is 18.2 Å². The highest BCUT2D eigenvalue weighted by molar-refractivity contribution is 14.1. The summed E-state index contributed by atoms with van der Waals surface area (Å²) in [5.74, 6) is 1.70. The van der Waals surface area contributed by atoms with Crippen LogP contribution in [0.1, 0.15) is 19.8 Å². The van der Waals surface area contributed by atoms with Crippen LogP contribution in [0.4, 0.5) is 5.82 Å². The van der Waals surface area contributed by atoms with Crippen LogP contribution in [0.5, 0.6) is 0 Å². The lowest BCUT2D eigenvalue weighted by Gasteiger charge is -2.10. The number of halogens is 1. The van der Waals surface area contributed by atoms with Gasteiger partial charge in [0.2, 0.25) is 0 Å². The van der Waals surface area contributed by atoms with Gasteiger partial charge in [0.15, 0.2) is 5.82 Å². The molecule has 22 heavy (non-hydrogen) atoms. The number of benzene rings is 2. The van der Waals surface area contributed by atoms with E-state index in [0.29, 0.717) is 0 Å². The van der Waals surface area contributed by atoms with Crippen molar-refractivity contribution in [3.05, 3.63) is 52.1 Å². The molecule has 112 valence electrons. The number of nitrogens with zero attached hydrogens (tertiary/aromatic N) is 2. The molecule has 0 bridgehead atoms. The summed E-state index contributed by atoms with van der Waals surface area (Å²) in [4.78, 5) is 9.46. The molecule has 0 amide bonds. The van der Waals surface area contributed by atoms with Crippen LogP contribution in [0.15, 0.2) is 48.5 Å². The Balaban J connectivity index is 2.05. The maximum absolute atomic E-state index is 4.75. The number of nitrogens with one attached hydrogen (secondary N) is 1. The van der Waals surface area contributed by atoms with E-state index in [1.165, 1.54) is 9.99 Å². The van der Waals surface area contributed by atoms with Crippen molar-refractivity contribution in [2.45, 2.75) is 19.8 Å². The second kappa shape index (κ2) is 7.05. The first kappa shape index (κ1) is 15.2. The van der Waals surface area contributed by atoms with Crippen LogP contribution in [-0.2, 0) is 0 Å². The van der Waals surface area contributed by atoms with Crippen molar-refractivity contribution in [3.8, 4) is 11.4 Å². The lowest BCUT2D eigenvalue weighted by molar-refractivity contribution is 0.832. The number of hydrogen-bond acceptors (Lipinski definition) is 3. The molecule has 3 aromatic rings. The molecule has 0 saturated carbocycles. The van der Waals surface area contributed by atoms with Crippen LogP contribution >= 0.6 is 22.6 Å². The van der Waals surface area contributed by atoms with Gasteiger partial charge in [0, 0.05) is 21.1 Å². The van der Waals surface area contributed by atoms with Gasteiger partial charge in [-0.3, -0.25) is 0 Å². The van der Waals surface area contributed by atoms with E-state index in [1.54, 1.807) is 0 Å². The largest absolute Gasteiger partial charge is 0.369 e. The van der Waals surface area contributed by atoms with Gasteiger partial charge in [-0.2, -0.15) is 0 Å². The van der Waals surface area contributed by atoms with Gasteiger partial charge in [0.05, 0.1) is 5.52 Å². The highest BCUT2D eigenvalue weighted by Crippen LogP contribution is 2.25. The third-order valence-corrected chi connectivity index (χ3v) is 4.25. The number of fused-ring (bicyclic) bond motifs is 1. The third-order valence-electron chi connectivity index (χ3n) is 3.53.